The fourth-order valence-electron chi connectivity index (χ4n) is 1.83. The fraction of sp³-hybridized carbons (Fsp3) is 0.600. The lowest BCUT2D eigenvalue weighted by Crippen LogP contribution is -2.43. The molecule has 0 saturated carbocycles. The van der Waals surface area contributed by atoms with Crippen molar-refractivity contribution in [3.8, 4) is 5.75 Å². The molecule has 1 aromatic rings. The van der Waals surface area contributed by atoms with Gasteiger partial charge in [0, 0.05) is 12.6 Å². The lowest BCUT2D eigenvalue weighted by Gasteiger charge is -2.26. The Morgan fingerprint density at radius 1 is 1.37 bits per heavy atom. The van der Waals surface area contributed by atoms with Crippen LogP contribution in [0.3, 0.4) is 0 Å². The second-order valence-electron chi connectivity index (χ2n) is 5.00. The largest absolute Gasteiger partial charge is 0.494 e. The summed E-state index contributed by atoms with van der Waals surface area (Å²) in [6.45, 7) is 3.38. The Balaban J connectivity index is 2.35. The molecule has 0 bridgehead atoms. The van der Waals surface area contributed by atoms with E-state index in [9.17, 15) is 5.11 Å². The van der Waals surface area contributed by atoms with Crippen LogP contribution < -0.4 is 10.1 Å². The first-order valence-electron chi connectivity index (χ1n) is 6.64. The summed E-state index contributed by atoms with van der Waals surface area (Å²) in [7, 11) is 3.55. The Morgan fingerprint density at radius 2 is 2.16 bits per heavy atom. The van der Waals surface area contributed by atoms with Crippen LogP contribution in [0.1, 0.15) is 25.3 Å². The van der Waals surface area contributed by atoms with Crippen LogP contribution in [0.2, 0.25) is 0 Å². The summed E-state index contributed by atoms with van der Waals surface area (Å²) in [6, 6.07) is 7.92. The first kappa shape index (κ1) is 16.0. The van der Waals surface area contributed by atoms with E-state index in [1.165, 1.54) is 0 Å². The van der Waals surface area contributed by atoms with Crippen molar-refractivity contribution in [2.24, 2.45) is 0 Å². The molecule has 108 valence electrons. The molecule has 4 heteroatoms. The van der Waals surface area contributed by atoms with Crippen molar-refractivity contribution in [2.45, 2.75) is 31.9 Å². The average molecular weight is 267 g/mol. The minimum absolute atomic E-state index is 0.132. The zero-order valence-corrected chi connectivity index (χ0v) is 12.1. The second-order valence-corrected chi connectivity index (χ2v) is 5.00. The third kappa shape index (κ3) is 5.59. The smallest absolute Gasteiger partial charge is 0.119 e. The number of nitrogens with one attached hydrogen (secondary N) is 1. The van der Waals surface area contributed by atoms with Gasteiger partial charge < -0.3 is 19.9 Å². The number of rotatable bonds is 9. The Kier molecular flexibility index (Phi) is 6.84. The predicted octanol–water partition coefficient (Wildman–Crippen LogP) is 1.96. The van der Waals surface area contributed by atoms with Gasteiger partial charge in [-0.05, 0) is 44.5 Å². The van der Waals surface area contributed by atoms with Crippen LogP contribution >= 0.6 is 0 Å². The van der Waals surface area contributed by atoms with Crippen LogP contribution in [0, 0.1) is 0 Å². The summed E-state index contributed by atoms with van der Waals surface area (Å²) in [5.74, 6) is 0.865. The molecule has 1 rings (SSSR count). The van der Waals surface area contributed by atoms with Gasteiger partial charge in [0.15, 0.2) is 0 Å². The average Bonchev–Trinajstić information content (AvgIpc) is 2.44. The van der Waals surface area contributed by atoms with E-state index < -0.39 is 0 Å². The third-order valence-electron chi connectivity index (χ3n) is 3.30. The maximum Gasteiger partial charge on any atom is 0.119 e. The predicted molar refractivity (Wildman–Crippen MR) is 76.4 cm³/mol. The van der Waals surface area contributed by atoms with Crippen LogP contribution in [0.5, 0.6) is 5.75 Å². The van der Waals surface area contributed by atoms with Crippen molar-refractivity contribution >= 4 is 0 Å². The Morgan fingerprint density at radius 3 is 2.79 bits per heavy atom. The van der Waals surface area contributed by atoms with Gasteiger partial charge >= 0.3 is 0 Å². The highest BCUT2D eigenvalue weighted by Gasteiger charge is 2.19. The molecular formula is C15H25NO3. The number of likely N-dealkylation sites (N-methyl/N-ethyl adjacent to an activating group) is 1. The van der Waals surface area contributed by atoms with Crippen molar-refractivity contribution in [1.82, 2.24) is 5.32 Å². The van der Waals surface area contributed by atoms with Gasteiger partial charge in [0.25, 0.3) is 0 Å². The first-order valence-corrected chi connectivity index (χ1v) is 6.64. The van der Waals surface area contributed by atoms with E-state index in [0.29, 0.717) is 13.2 Å². The summed E-state index contributed by atoms with van der Waals surface area (Å²) >= 11 is 0. The van der Waals surface area contributed by atoms with E-state index in [0.717, 1.165) is 24.2 Å². The molecule has 0 aromatic heterocycles. The Bertz CT molecular complexity index is 364. The van der Waals surface area contributed by atoms with E-state index in [1.54, 1.807) is 7.11 Å². The SMILES string of the molecule is CNC(C)(CO)CCCOc1cccc(COC)c1. The molecule has 0 spiro atoms. The molecule has 1 atom stereocenters. The molecular weight excluding hydrogens is 242 g/mol. The molecule has 2 N–H and O–H groups in total. The van der Waals surface area contributed by atoms with E-state index in [-0.39, 0.29) is 12.1 Å². The van der Waals surface area contributed by atoms with Crippen LogP contribution in [0.25, 0.3) is 0 Å². The topological polar surface area (TPSA) is 50.7 Å². The fourth-order valence-corrected chi connectivity index (χ4v) is 1.83. The van der Waals surface area contributed by atoms with Crippen molar-refractivity contribution in [1.29, 1.82) is 0 Å². The van der Waals surface area contributed by atoms with E-state index in [1.807, 2.05) is 38.2 Å². The quantitative estimate of drug-likeness (QED) is 0.672. The minimum Gasteiger partial charge on any atom is -0.494 e. The lowest BCUT2D eigenvalue weighted by molar-refractivity contribution is 0.163. The van der Waals surface area contributed by atoms with Crippen molar-refractivity contribution in [2.75, 3.05) is 27.4 Å². The number of benzene rings is 1. The van der Waals surface area contributed by atoms with Gasteiger partial charge in [-0.1, -0.05) is 12.1 Å². The molecule has 19 heavy (non-hydrogen) atoms. The normalized spacial score (nSPS) is 14.1. The number of aliphatic hydroxyl groups is 1. The van der Waals surface area contributed by atoms with Crippen LogP contribution in [-0.4, -0.2) is 38.0 Å². The zero-order valence-electron chi connectivity index (χ0n) is 12.1. The maximum atomic E-state index is 9.28. The molecule has 0 saturated heterocycles. The minimum atomic E-state index is -0.221. The van der Waals surface area contributed by atoms with Gasteiger partial charge in [0.2, 0.25) is 0 Å². The number of methoxy groups -OCH3 is 1. The molecule has 0 aliphatic rings. The number of hydrogen-bond donors (Lipinski definition) is 2. The summed E-state index contributed by atoms with van der Waals surface area (Å²) in [6.07, 6.45) is 1.77. The van der Waals surface area contributed by atoms with Gasteiger partial charge in [-0.2, -0.15) is 0 Å². The third-order valence-corrected chi connectivity index (χ3v) is 3.30. The highest BCUT2D eigenvalue weighted by atomic mass is 16.5. The molecule has 0 aliphatic carbocycles. The Labute approximate surface area is 115 Å². The molecule has 0 amide bonds. The van der Waals surface area contributed by atoms with E-state index in [2.05, 4.69) is 5.32 Å². The van der Waals surface area contributed by atoms with Gasteiger partial charge in [0.1, 0.15) is 5.75 Å². The zero-order chi connectivity index (χ0) is 14.1. The van der Waals surface area contributed by atoms with Gasteiger partial charge in [0.05, 0.1) is 19.8 Å². The Hall–Kier alpha value is -1.10. The molecule has 0 fully saturated rings. The lowest BCUT2D eigenvalue weighted by atomic mass is 9.97. The molecule has 1 unspecified atom stereocenters. The number of hydrogen-bond acceptors (Lipinski definition) is 4. The molecule has 0 heterocycles. The van der Waals surface area contributed by atoms with Crippen LogP contribution in [-0.2, 0) is 11.3 Å². The highest BCUT2D eigenvalue weighted by Crippen LogP contribution is 2.16. The highest BCUT2D eigenvalue weighted by molar-refractivity contribution is 5.28. The summed E-state index contributed by atoms with van der Waals surface area (Å²) in [5, 5.41) is 12.4. The van der Waals surface area contributed by atoms with Gasteiger partial charge in [-0.3, -0.25) is 0 Å². The van der Waals surface area contributed by atoms with Crippen LogP contribution in [0.4, 0.5) is 0 Å². The molecule has 4 nitrogen and oxygen atoms in total. The first-order chi connectivity index (χ1) is 9.13. The van der Waals surface area contributed by atoms with E-state index in [4.69, 9.17) is 9.47 Å². The number of aliphatic hydroxyl groups excluding tert-OH is 1. The second kappa shape index (κ2) is 8.15. The monoisotopic (exact) mass is 267 g/mol. The molecule has 0 radical (unpaired) electrons. The van der Waals surface area contributed by atoms with Crippen molar-refractivity contribution in [3.63, 3.8) is 0 Å². The van der Waals surface area contributed by atoms with Gasteiger partial charge in [-0.15, -0.1) is 0 Å². The summed E-state index contributed by atoms with van der Waals surface area (Å²) in [4.78, 5) is 0. The maximum absolute atomic E-state index is 9.28. The van der Waals surface area contributed by atoms with Crippen molar-refractivity contribution < 1.29 is 14.6 Å². The molecule has 1 aromatic carbocycles. The van der Waals surface area contributed by atoms with Crippen LogP contribution in [0.15, 0.2) is 24.3 Å². The van der Waals surface area contributed by atoms with E-state index >= 15 is 0 Å². The number of ether oxygens (including phenoxy) is 2. The molecule has 0 aliphatic heterocycles. The van der Waals surface area contributed by atoms with Gasteiger partial charge in [-0.25, -0.2) is 0 Å². The summed E-state index contributed by atoms with van der Waals surface area (Å²) < 4.78 is 10.8. The van der Waals surface area contributed by atoms with Crippen molar-refractivity contribution in [3.05, 3.63) is 29.8 Å². The standard InChI is InChI=1S/C15H25NO3/c1-15(12-17,16-2)8-5-9-19-14-7-4-6-13(10-14)11-18-3/h4,6-7,10,16-17H,5,8-9,11-12H2,1-3H3. The summed E-state index contributed by atoms with van der Waals surface area (Å²) in [5.41, 5.74) is 0.886.